The first-order chi connectivity index (χ1) is 6.13. The first-order valence-electron chi connectivity index (χ1n) is 3.59. The molecule has 13 heavy (non-hydrogen) atoms. The minimum Gasteiger partial charge on any atom is -0.465 e. The number of esters is 1. The fourth-order valence-electron chi connectivity index (χ4n) is 0.742. The van der Waals surface area contributed by atoms with E-state index in [4.69, 9.17) is 0 Å². The smallest absolute Gasteiger partial charge is 0.339 e. The van der Waals surface area contributed by atoms with Gasteiger partial charge in [0.25, 0.3) is 0 Å². The van der Waals surface area contributed by atoms with Gasteiger partial charge in [0, 0.05) is 11.5 Å². The van der Waals surface area contributed by atoms with Crippen LogP contribution in [0.5, 0.6) is 0 Å². The van der Waals surface area contributed by atoms with Crippen LogP contribution in [-0.2, 0) is 16.1 Å². The van der Waals surface area contributed by atoms with E-state index in [2.05, 4.69) is 4.74 Å². The van der Waals surface area contributed by atoms with E-state index < -0.39 is 16.5 Å². The number of carbonyl (C=O) groups excluding carboxylic acids is 1. The molecule has 0 fully saturated rings. The summed E-state index contributed by atoms with van der Waals surface area (Å²) >= 11 is 0.661. The van der Waals surface area contributed by atoms with Crippen molar-refractivity contribution in [2.45, 2.75) is 13.5 Å². The predicted molar refractivity (Wildman–Crippen MR) is 45.8 cm³/mol. The third-order valence-corrected chi connectivity index (χ3v) is 1.99. The number of ether oxygens (including phenoxy) is 1. The van der Waals surface area contributed by atoms with Crippen molar-refractivity contribution in [1.29, 1.82) is 0 Å². The summed E-state index contributed by atoms with van der Waals surface area (Å²) in [6.07, 6.45) is 0. The molecule has 0 aromatic carbocycles. The van der Waals surface area contributed by atoms with Crippen LogP contribution in [0.25, 0.3) is 0 Å². The largest absolute Gasteiger partial charge is 0.465 e. The molecule has 0 unspecified atom stereocenters. The summed E-state index contributed by atoms with van der Waals surface area (Å²) in [6.45, 7) is 1.71. The lowest BCUT2D eigenvalue weighted by molar-refractivity contribution is -0.143. The summed E-state index contributed by atoms with van der Waals surface area (Å²) in [5, 5.41) is 0. The first kappa shape index (κ1) is 9.72. The molecule has 6 nitrogen and oxygen atoms in total. The van der Waals surface area contributed by atoms with Crippen molar-refractivity contribution in [3.05, 3.63) is 20.2 Å². The quantitative estimate of drug-likeness (QED) is 0.651. The molecule has 0 saturated heterocycles. The van der Waals surface area contributed by atoms with E-state index in [9.17, 15) is 14.4 Å². The number of carbonyl (C=O) groups is 1. The van der Waals surface area contributed by atoms with Gasteiger partial charge in [0.15, 0.2) is 0 Å². The Morgan fingerprint density at radius 1 is 1.62 bits per heavy atom. The van der Waals surface area contributed by atoms with Crippen LogP contribution in [0.4, 0.5) is 0 Å². The maximum atomic E-state index is 10.9. The molecular weight excluding hydrogens is 196 g/mol. The van der Waals surface area contributed by atoms with Crippen molar-refractivity contribution in [3.63, 3.8) is 0 Å². The van der Waals surface area contributed by atoms with E-state index in [1.165, 1.54) is 0 Å². The number of aromatic nitrogens is 2. The third kappa shape index (κ3) is 2.55. The topological polar surface area (TPSA) is 81.2 Å². The van der Waals surface area contributed by atoms with Crippen LogP contribution in [0, 0.1) is 0 Å². The summed E-state index contributed by atoms with van der Waals surface area (Å²) in [4.78, 5) is 34.0. The molecular formula is C6H8N2O4S. The van der Waals surface area contributed by atoms with Gasteiger partial charge in [0.1, 0.15) is 6.54 Å². The predicted octanol–water partition coefficient (Wildman–Crippen LogP) is -0.839. The Labute approximate surface area is 76.9 Å². The molecule has 72 valence electrons. The molecule has 0 atom stereocenters. The molecule has 1 aromatic heterocycles. The zero-order valence-electron chi connectivity index (χ0n) is 6.90. The molecule has 1 N–H and O–H groups in total. The van der Waals surface area contributed by atoms with Crippen molar-refractivity contribution in [1.82, 2.24) is 8.94 Å². The average Bonchev–Trinajstić information content (AvgIpc) is 2.30. The minimum atomic E-state index is -0.581. The van der Waals surface area contributed by atoms with Crippen LogP contribution in [0.1, 0.15) is 6.92 Å². The zero-order valence-corrected chi connectivity index (χ0v) is 7.72. The summed E-state index contributed by atoms with van der Waals surface area (Å²) in [6, 6.07) is 0. The van der Waals surface area contributed by atoms with E-state index in [1.807, 2.05) is 4.98 Å². The summed E-state index contributed by atoms with van der Waals surface area (Å²) in [7, 11) is 0. The van der Waals surface area contributed by atoms with Gasteiger partial charge in [-0.05, 0) is 6.92 Å². The second-order valence-electron chi connectivity index (χ2n) is 2.15. The van der Waals surface area contributed by atoms with Crippen LogP contribution in [-0.4, -0.2) is 21.5 Å². The van der Waals surface area contributed by atoms with Crippen LogP contribution < -0.4 is 10.6 Å². The first-order valence-corrected chi connectivity index (χ1v) is 4.37. The third-order valence-electron chi connectivity index (χ3n) is 1.21. The Hall–Kier alpha value is -1.37. The van der Waals surface area contributed by atoms with Crippen molar-refractivity contribution in [2.75, 3.05) is 6.61 Å². The highest BCUT2D eigenvalue weighted by Gasteiger charge is 2.07. The Morgan fingerprint density at radius 2 is 2.31 bits per heavy atom. The Kier molecular flexibility index (Phi) is 3.02. The molecule has 1 heterocycles. The zero-order chi connectivity index (χ0) is 9.84. The van der Waals surface area contributed by atoms with Gasteiger partial charge in [-0.15, -0.1) is 0 Å². The number of hydrogen-bond acceptors (Lipinski definition) is 5. The molecule has 1 aromatic rings. The number of hydrogen-bond donors (Lipinski definition) is 1. The Balaban J connectivity index is 2.74. The van der Waals surface area contributed by atoms with Gasteiger partial charge >= 0.3 is 16.5 Å². The van der Waals surface area contributed by atoms with Crippen LogP contribution in [0.15, 0.2) is 9.59 Å². The molecule has 0 amide bonds. The van der Waals surface area contributed by atoms with E-state index in [1.54, 1.807) is 6.92 Å². The second kappa shape index (κ2) is 4.04. The lowest BCUT2D eigenvalue weighted by Gasteiger charge is -1.99. The second-order valence-corrected chi connectivity index (χ2v) is 3.14. The molecule has 7 heteroatoms. The highest BCUT2D eigenvalue weighted by atomic mass is 32.1. The summed E-state index contributed by atoms with van der Waals surface area (Å²) < 4.78 is 5.62. The number of nitrogens with zero attached hydrogens (tertiary/aromatic N) is 1. The SMILES string of the molecule is CCOC(=O)Cn1sc(=O)[nH]c1=O. The number of nitrogens with one attached hydrogen (secondary N) is 1. The van der Waals surface area contributed by atoms with E-state index >= 15 is 0 Å². The van der Waals surface area contributed by atoms with Gasteiger partial charge in [-0.25, -0.2) is 8.75 Å². The number of rotatable bonds is 3. The normalized spacial score (nSPS) is 9.92. The molecule has 0 radical (unpaired) electrons. The van der Waals surface area contributed by atoms with Gasteiger partial charge in [-0.2, -0.15) is 0 Å². The van der Waals surface area contributed by atoms with Crippen molar-refractivity contribution < 1.29 is 9.53 Å². The van der Waals surface area contributed by atoms with Gasteiger partial charge in [-0.1, -0.05) is 0 Å². The van der Waals surface area contributed by atoms with Gasteiger partial charge in [0.05, 0.1) is 6.61 Å². The number of H-pyrrole nitrogens is 1. The lowest BCUT2D eigenvalue weighted by Crippen LogP contribution is -2.21. The van der Waals surface area contributed by atoms with Crippen molar-refractivity contribution in [3.8, 4) is 0 Å². The summed E-state index contributed by atoms with van der Waals surface area (Å²) in [5.74, 6) is -0.528. The van der Waals surface area contributed by atoms with Crippen molar-refractivity contribution in [2.24, 2.45) is 0 Å². The fourth-order valence-corrected chi connectivity index (χ4v) is 1.37. The Morgan fingerprint density at radius 3 is 2.77 bits per heavy atom. The van der Waals surface area contributed by atoms with Crippen LogP contribution in [0.2, 0.25) is 0 Å². The van der Waals surface area contributed by atoms with Gasteiger partial charge < -0.3 is 4.74 Å². The minimum absolute atomic E-state index is 0.212. The molecule has 0 spiro atoms. The molecule has 0 aliphatic heterocycles. The van der Waals surface area contributed by atoms with Crippen LogP contribution in [0.3, 0.4) is 0 Å². The molecule has 0 aliphatic carbocycles. The Bertz CT molecular complexity index is 401. The van der Waals surface area contributed by atoms with Gasteiger partial charge in [0.2, 0.25) is 0 Å². The maximum absolute atomic E-state index is 10.9. The van der Waals surface area contributed by atoms with E-state index in [-0.39, 0.29) is 13.2 Å². The molecule has 0 bridgehead atoms. The van der Waals surface area contributed by atoms with E-state index in [0.29, 0.717) is 11.5 Å². The van der Waals surface area contributed by atoms with Crippen LogP contribution >= 0.6 is 11.5 Å². The highest BCUT2D eigenvalue weighted by molar-refractivity contribution is 7.03. The standard InChI is InChI=1S/C6H8N2O4S/c1-2-12-4(9)3-8-5(10)7-6(11)13-8/h2-3H2,1H3,(H,7,10,11). The summed E-state index contributed by atoms with van der Waals surface area (Å²) in [5.41, 5.74) is -0.581. The molecule has 0 aliphatic rings. The average molecular weight is 204 g/mol. The van der Waals surface area contributed by atoms with Gasteiger partial charge in [-0.3, -0.25) is 14.6 Å². The molecule has 0 saturated carbocycles. The lowest BCUT2D eigenvalue weighted by atomic mass is 10.6. The highest BCUT2D eigenvalue weighted by Crippen LogP contribution is 1.86. The van der Waals surface area contributed by atoms with Crippen molar-refractivity contribution >= 4 is 17.5 Å². The fraction of sp³-hybridized carbons (Fsp3) is 0.500. The monoisotopic (exact) mass is 204 g/mol. The number of aromatic amines is 1. The van der Waals surface area contributed by atoms with E-state index in [0.717, 1.165) is 3.96 Å². The molecule has 1 rings (SSSR count). The maximum Gasteiger partial charge on any atom is 0.339 e.